The van der Waals surface area contributed by atoms with Crippen LogP contribution < -0.4 is 5.32 Å². The van der Waals surface area contributed by atoms with Crippen molar-refractivity contribution < 1.29 is 9.32 Å². The summed E-state index contributed by atoms with van der Waals surface area (Å²) in [7, 11) is 0. The Bertz CT molecular complexity index is 939. The summed E-state index contributed by atoms with van der Waals surface area (Å²) in [6.07, 6.45) is 1.27. The zero-order chi connectivity index (χ0) is 19.3. The van der Waals surface area contributed by atoms with Crippen LogP contribution in [0.1, 0.15) is 32.8 Å². The van der Waals surface area contributed by atoms with Crippen LogP contribution in [0, 0.1) is 0 Å². The quantitative estimate of drug-likeness (QED) is 0.599. The number of rotatable bonds is 5. The van der Waals surface area contributed by atoms with Gasteiger partial charge >= 0.3 is 0 Å². The van der Waals surface area contributed by atoms with Crippen LogP contribution in [0.3, 0.4) is 0 Å². The number of thioether (sulfide) groups is 2. The standard InChI is InChI=1S/C20H18ClN3O2S2/c21-16-8-6-13(7-9-16)18-23-17(26-24-18)12-22-19(25)14-2-4-15(5-3-14)20-27-10-1-11-28-20/h2-9,20H,1,10-12H2,(H,22,25). The van der Waals surface area contributed by atoms with Gasteiger partial charge in [0.2, 0.25) is 11.7 Å². The average Bonchev–Trinajstić information content (AvgIpc) is 3.22. The number of amides is 1. The van der Waals surface area contributed by atoms with E-state index in [1.54, 1.807) is 12.1 Å². The Hall–Kier alpha value is -1.96. The molecule has 1 N–H and O–H groups in total. The monoisotopic (exact) mass is 431 g/mol. The van der Waals surface area contributed by atoms with E-state index in [1.165, 1.54) is 23.5 Å². The van der Waals surface area contributed by atoms with E-state index >= 15 is 0 Å². The van der Waals surface area contributed by atoms with Crippen molar-refractivity contribution in [2.75, 3.05) is 11.5 Å². The highest BCUT2D eigenvalue weighted by Crippen LogP contribution is 2.43. The molecule has 1 fully saturated rings. The summed E-state index contributed by atoms with van der Waals surface area (Å²) in [5.74, 6) is 3.05. The normalized spacial score (nSPS) is 14.8. The lowest BCUT2D eigenvalue weighted by Crippen LogP contribution is -2.22. The summed E-state index contributed by atoms with van der Waals surface area (Å²) in [5, 5.41) is 7.41. The molecular weight excluding hydrogens is 414 g/mol. The van der Waals surface area contributed by atoms with Crippen LogP contribution in [-0.4, -0.2) is 27.6 Å². The van der Waals surface area contributed by atoms with E-state index < -0.39 is 0 Å². The summed E-state index contributed by atoms with van der Waals surface area (Å²) < 4.78 is 5.69. The van der Waals surface area contributed by atoms with Crippen molar-refractivity contribution in [2.24, 2.45) is 0 Å². The number of benzene rings is 2. The van der Waals surface area contributed by atoms with Crippen molar-refractivity contribution in [3.63, 3.8) is 0 Å². The molecule has 0 spiro atoms. The summed E-state index contributed by atoms with van der Waals surface area (Å²) in [5.41, 5.74) is 2.68. The molecule has 0 bridgehead atoms. The number of hydrogen-bond donors (Lipinski definition) is 1. The molecule has 1 aliphatic heterocycles. The van der Waals surface area contributed by atoms with Gasteiger partial charge in [-0.05, 0) is 59.9 Å². The molecule has 1 amide bonds. The Morgan fingerprint density at radius 3 is 2.54 bits per heavy atom. The maximum atomic E-state index is 12.4. The van der Waals surface area contributed by atoms with E-state index in [-0.39, 0.29) is 12.5 Å². The van der Waals surface area contributed by atoms with Crippen molar-refractivity contribution >= 4 is 41.0 Å². The molecule has 2 heterocycles. The molecule has 144 valence electrons. The van der Waals surface area contributed by atoms with E-state index in [2.05, 4.69) is 15.5 Å². The van der Waals surface area contributed by atoms with Crippen LogP contribution in [0.4, 0.5) is 0 Å². The number of nitrogens with one attached hydrogen (secondary N) is 1. The van der Waals surface area contributed by atoms with Crippen molar-refractivity contribution in [1.82, 2.24) is 15.5 Å². The van der Waals surface area contributed by atoms with Gasteiger partial charge in [0.1, 0.15) is 0 Å². The Morgan fingerprint density at radius 1 is 1.11 bits per heavy atom. The average molecular weight is 432 g/mol. The smallest absolute Gasteiger partial charge is 0.251 e. The Balaban J connectivity index is 1.34. The predicted molar refractivity (Wildman–Crippen MR) is 115 cm³/mol. The van der Waals surface area contributed by atoms with Crippen LogP contribution in [0.25, 0.3) is 11.4 Å². The second-order valence-corrected chi connectivity index (χ2v) is 9.41. The number of carbonyl (C=O) groups is 1. The molecule has 0 radical (unpaired) electrons. The molecule has 4 rings (SSSR count). The van der Waals surface area contributed by atoms with Gasteiger partial charge in [0.05, 0.1) is 11.1 Å². The first-order chi connectivity index (χ1) is 13.7. The van der Waals surface area contributed by atoms with Crippen LogP contribution >= 0.6 is 35.1 Å². The van der Waals surface area contributed by atoms with E-state index in [1.807, 2.05) is 59.9 Å². The highest BCUT2D eigenvalue weighted by atomic mass is 35.5. The molecular formula is C20H18ClN3O2S2. The minimum atomic E-state index is -0.165. The number of nitrogens with zero attached hydrogens (tertiary/aromatic N) is 2. The predicted octanol–water partition coefficient (Wildman–Crippen LogP) is 5.19. The zero-order valence-corrected chi connectivity index (χ0v) is 17.3. The molecule has 5 nitrogen and oxygen atoms in total. The van der Waals surface area contributed by atoms with E-state index in [0.29, 0.717) is 26.9 Å². The largest absolute Gasteiger partial charge is 0.343 e. The van der Waals surface area contributed by atoms with Crippen molar-refractivity contribution in [3.8, 4) is 11.4 Å². The van der Waals surface area contributed by atoms with Gasteiger partial charge in [0.15, 0.2) is 0 Å². The molecule has 0 saturated carbocycles. The Morgan fingerprint density at radius 2 is 1.82 bits per heavy atom. The number of carbonyl (C=O) groups excluding carboxylic acids is 1. The molecule has 28 heavy (non-hydrogen) atoms. The Kier molecular flexibility index (Phi) is 6.24. The van der Waals surface area contributed by atoms with Gasteiger partial charge < -0.3 is 9.84 Å². The zero-order valence-electron chi connectivity index (χ0n) is 14.9. The molecule has 1 aliphatic rings. The van der Waals surface area contributed by atoms with Crippen molar-refractivity contribution in [3.05, 3.63) is 70.6 Å². The van der Waals surface area contributed by atoms with E-state index in [4.69, 9.17) is 16.1 Å². The minimum Gasteiger partial charge on any atom is -0.343 e. The summed E-state index contributed by atoms with van der Waals surface area (Å²) >= 11 is 9.82. The minimum absolute atomic E-state index is 0.165. The first-order valence-electron chi connectivity index (χ1n) is 8.89. The third-order valence-corrected chi connectivity index (χ3v) is 7.51. The van der Waals surface area contributed by atoms with Crippen LogP contribution in [0.15, 0.2) is 53.1 Å². The van der Waals surface area contributed by atoms with Crippen LogP contribution in [0.2, 0.25) is 5.02 Å². The highest BCUT2D eigenvalue weighted by molar-refractivity contribution is 8.16. The van der Waals surface area contributed by atoms with Gasteiger partial charge in [-0.1, -0.05) is 28.9 Å². The topological polar surface area (TPSA) is 68.0 Å². The Labute approximate surface area is 176 Å². The van der Waals surface area contributed by atoms with Crippen LogP contribution in [-0.2, 0) is 6.54 Å². The summed E-state index contributed by atoms with van der Waals surface area (Å²) in [4.78, 5) is 16.7. The molecule has 1 saturated heterocycles. The van der Waals surface area contributed by atoms with Gasteiger partial charge in [0, 0.05) is 16.1 Å². The first kappa shape index (κ1) is 19.4. The fraction of sp³-hybridized carbons (Fsp3) is 0.250. The second kappa shape index (κ2) is 9.03. The van der Waals surface area contributed by atoms with Gasteiger partial charge in [-0.3, -0.25) is 4.79 Å². The lowest BCUT2D eigenvalue weighted by atomic mass is 10.1. The summed E-state index contributed by atoms with van der Waals surface area (Å²) in [6, 6.07) is 15.0. The van der Waals surface area contributed by atoms with E-state index in [0.717, 1.165) is 5.56 Å². The third kappa shape index (κ3) is 4.71. The van der Waals surface area contributed by atoms with Gasteiger partial charge in [0.25, 0.3) is 5.91 Å². The maximum Gasteiger partial charge on any atom is 0.251 e. The van der Waals surface area contributed by atoms with Crippen LogP contribution in [0.5, 0.6) is 0 Å². The molecule has 1 aromatic heterocycles. The van der Waals surface area contributed by atoms with Gasteiger partial charge in [-0.2, -0.15) is 4.98 Å². The van der Waals surface area contributed by atoms with Gasteiger partial charge in [-0.25, -0.2) is 0 Å². The molecule has 3 aromatic rings. The maximum absolute atomic E-state index is 12.4. The lowest BCUT2D eigenvalue weighted by Gasteiger charge is -2.21. The molecule has 0 atom stereocenters. The number of hydrogen-bond acceptors (Lipinski definition) is 6. The molecule has 8 heteroatoms. The van der Waals surface area contributed by atoms with Gasteiger partial charge in [-0.15, -0.1) is 23.5 Å². The fourth-order valence-electron chi connectivity index (χ4n) is 2.77. The fourth-order valence-corrected chi connectivity index (χ4v) is 5.79. The lowest BCUT2D eigenvalue weighted by molar-refractivity contribution is 0.0946. The number of halogens is 1. The van der Waals surface area contributed by atoms with Crippen molar-refractivity contribution in [2.45, 2.75) is 17.5 Å². The summed E-state index contributed by atoms with van der Waals surface area (Å²) in [6.45, 7) is 0.176. The number of aromatic nitrogens is 2. The van der Waals surface area contributed by atoms with Crippen molar-refractivity contribution in [1.29, 1.82) is 0 Å². The SMILES string of the molecule is O=C(NCc1nc(-c2ccc(Cl)cc2)no1)c1ccc(C2SCCCS2)cc1. The second-order valence-electron chi connectivity index (χ2n) is 6.25. The third-order valence-electron chi connectivity index (χ3n) is 4.24. The molecule has 0 aliphatic carbocycles. The highest BCUT2D eigenvalue weighted by Gasteiger charge is 2.17. The molecule has 2 aromatic carbocycles. The van der Waals surface area contributed by atoms with E-state index in [9.17, 15) is 4.79 Å². The first-order valence-corrected chi connectivity index (χ1v) is 11.4. The molecule has 0 unspecified atom stereocenters.